The van der Waals surface area contributed by atoms with Crippen LogP contribution in [0.4, 0.5) is 0 Å². The van der Waals surface area contributed by atoms with Gasteiger partial charge in [0.15, 0.2) is 11.6 Å². The third kappa shape index (κ3) is 4.55. The number of aliphatic hydroxyl groups is 4. The lowest BCUT2D eigenvalue weighted by Crippen LogP contribution is -2.43. The van der Waals surface area contributed by atoms with E-state index in [2.05, 4.69) is 13.2 Å². The van der Waals surface area contributed by atoms with Gasteiger partial charge in [-0.2, -0.15) is 0 Å². The Labute approximate surface area is 88.9 Å². The summed E-state index contributed by atoms with van der Waals surface area (Å²) in [6.07, 6.45) is 1.88. The van der Waals surface area contributed by atoms with Crippen molar-refractivity contribution in [1.82, 2.24) is 0 Å². The number of ether oxygens (including phenoxy) is 1. The molecule has 0 amide bonds. The van der Waals surface area contributed by atoms with Gasteiger partial charge in [0.25, 0.3) is 0 Å². The molecule has 0 rings (SSSR count). The topological polar surface area (TPSA) is 90.2 Å². The molecule has 15 heavy (non-hydrogen) atoms. The van der Waals surface area contributed by atoms with Crippen LogP contribution in [0, 0.1) is 0 Å². The summed E-state index contributed by atoms with van der Waals surface area (Å²) in [7, 11) is 0. The van der Waals surface area contributed by atoms with Gasteiger partial charge in [0.05, 0.1) is 0 Å². The fourth-order valence-corrected chi connectivity index (χ4v) is 1.02. The first-order valence-electron chi connectivity index (χ1n) is 4.59. The maximum absolute atomic E-state index is 9.72. The molecule has 0 fully saturated rings. The summed E-state index contributed by atoms with van der Waals surface area (Å²) in [6.45, 7) is 6.02. The first-order valence-corrected chi connectivity index (χ1v) is 4.59. The summed E-state index contributed by atoms with van der Waals surface area (Å²) in [5, 5.41) is 36.8. The minimum atomic E-state index is -1.84. The molecule has 0 aromatic rings. The van der Waals surface area contributed by atoms with E-state index in [1.165, 1.54) is 0 Å². The van der Waals surface area contributed by atoms with E-state index in [9.17, 15) is 10.2 Å². The summed E-state index contributed by atoms with van der Waals surface area (Å²) < 4.78 is 4.96. The zero-order valence-corrected chi connectivity index (χ0v) is 8.59. The van der Waals surface area contributed by atoms with Crippen molar-refractivity contribution >= 4 is 0 Å². The molecule has 0 aliphatic carbocycles. The van der Waals surface area contributed by atoms with Crippen molar-refractivity contribution in [2.75, 3.05) is 13.2 Å². The normalized spacial score (nSPS) is 18.9. The molecule has 0 aliphatic heterocycles. The SMILES string of the molecule is C=CC(O)(CCO)OC(O)(C=C)CCO. The monoisotopic (exact) mass is 218 g/mol. The third-order valence-corrected chi connectivity index (χ3v) is 1.93. The molecule has 0 spiro atoms. The van der Waals surface area contributed by atoms with E-state index in [0.717, 1.165) is 12.2 Å². The lowest BCUT2D eigenvalue weighted by Gasteiger charge is -2.33. The second-order valence-corrected chi connectivity index (χ2v) is 3.15. The van der Waals surface area contributed by atoms with Crippen LogP contribution >= 0.6 is 0 Å². The molecule has 0 radical (unpaired) electrons. The van der Waals surface area contributed by atoms with Gasteiger partial charge in [-0.15, -0.1) is 0 Å². The quantitative estimate of drug-likeness (QED) is 0.326. The summed E-state index contributed by atoms with van der Waals surface area (Å²) in [4.78, 5) is 0. The molecular formula is C10H18O5. The van der Waals surface area contributed by atoms with Crippen LogP contribution in [-0.2, 0) is 4.74 Å². The lowest BCUT2D eigenvalue weighted by atomic mass is 10.1. The van der Waals surface area contributed by atoms with Gasteiger partial charge in [-0.05, 0) is 12.2 Å². The average Bonchev–Trinajstić information content (AvgIpc) is 2.18. The smallest absolute Gasteiger partial charge is 0.190 e. The number of hydrogen-bond acceptors (Lipinski definition) is 5. The molecule has 0 saturated carbocycles. The zero-order valence-electron chi connectivity index (χ0n) is 8.59. The van der Waals surface area contributed by atoms with E-state index < -0.39 is 11.6 Å². The third-order valence-electron chi connectivity index (χ3n) is 1.93. The Hall–Kier alpha value is -0.720. The van der Waals surface area contributed by atoms with Crippen molar-refractivity contribution in [2.24, 2.45) is 0 Å². The molecule has 2 unspecified atom stereocenters. The van der Waals surface area contributed by atoms with E-state index in [-0.39, 0.29) is 26.1 Å². The van der Waals surface area contributed by atoms with Crippen LogP contribution in [0.25, 0.3) is 0 Å². The van der Waals surface area contributed by atoms with E-state index >= 15 is 0 Å². The Morgan fingerprint density at radius 1 is 0.933 bits per heavy atom. The fourth-order valence-electron chi connectivity index (χ4n) is 1.02. The Bertz CT molecular complexity index is 196. The molecule has 0 saturated heterocycles. The maximum atomic E-state index is 9.72. The van der Waals surface area contributed by atoms with Gasteiger partial charge in [0, 0.05) is 26.1 Å². The highest BCUT2D eigenvalue weighted by Gasteiger charge is 2.34. The molecule has 0 heterocycles. The first kappa shape index (κ1) is 14.3. The molecule has 0 bridgehead atoms. The molecule has 0 aromatic heterocycles. The van der Waals surface area contributed by atoms with E-state index in [1.807, 2.05) is 0 Å². The molecule has 0 aromatic carbocycles. The van der Waals surface area contributed by atoms with Gasteiger partial charge in [0.2, 0.25) is 0 Å². The van der Waals surface area contributed by atoms with Crippen LogP contribution in [-0.4, -0.2) is 45.2 Å². The Balaban J connectivity index is 4.61. The molecule has 2 atom stereocenters. The number of hydrogen-bond donors (Lipinski definition) is 4. The highest BCUT2D eigenvalue weighted by atomic mass is 16.7. The van der Waals surface area contributed by atoms with E-state index in [4.69, 9.17) is 14.9 Å². The van der Waals surface area contributed by atoms with Crippen LogP contribution in [0.15, 0.2) is 25.3 Å². The van der Waals surface area contributed by atoms with Gasteiger partial charge >= 0.3 is 0 Å². The summed E-state index contributed by atoms with van der Waals surface area (Å²) >= 11 is 0. The second kappa shape index (κ2) is 5.99. The van der Waals surface area contributed by atoms with E-state index in [1.54, 1.807) is 0 Å². The van der Waals surface area contributed by atoms with Crippen molar-refractivity contribution in [2.45, 2.75) is 24.4 Å². The Morgan fingerprint density at radius 3 is 1.47 bits per heavy atom. The number of rotatable bonds is 8. The van der Waals surface area contributed by atoms with Gasteiger partial charge in [-0.1, -0.05) is 13.2 Å². The minimum absolute atomic E-state index is 0.127. The Kier molecular flexibility index (Phi) is 5.71. The molecule has 88 valence electrons. The van der Waals surface area contributed by atoms with Crippen LogP contribution in [0.5, 0.6) is 0 Å². The molecule has 5 nitrogen and oxygen atoms in total. The zero-order chi connectivity index (χ0) is 11.9. The number of aliphatic hydroxyl groups excluding tert-OH is 2. The van der Waals surface area contributed by atoms with Crippen LogP contribution < -0.4 is 0 Å². The van der Waals surface area contributed by atoms with Gasteiger partial charge in [-0.25, -0.2) is 0 Å². The van der Waals surface area contributed by atoms with Gasteiger partial charge in [0.1, 0.15) is 0 Å². The molecule has 5 heteroatoms. The Morgan fingerprint density at radius 2 is 1.27 bits per heavy atom. The largest absolute Gasteiger partial charge is 0.396 e. The van der Waals surface area contributed by atoms with Crippen molar-refractivity contribution in [3.8, 4) is 0 Å². The minimum Gasteiger partial charge on any atom is -0.396 e. The molecule has 4 N–H and O–H groups in total. The second-order valence-electron chi connectivity index (χ2n) is 3.15. The average molecular weight is 218 g/mol. The van der Waals surface area contributed by atoms with Crippen molar-refractivity contribution < 1.29 is 25.2 Å². The predicted molar refractivity (Wildman–Crippen MR) is 54.8 cm³/mol. The molecule has 0 aliphatic rings. The highest BCUT2D eigenvalue weighted by molar-refractivity contribution is 4.95. The summed E-state index contributed by atoms with van der Waals surface area (Å²) in [5.41, 5.74) is 0. The van der Waals surface area contributed by atoms with Crippen molar-refractivity contribution in [1.29, 1.82) is 0 Å². The van der Waals surface area contributed by atoms with Gasteiger partial charge in [-0.3, -0.25) is 0 Å². The van der Waals surface area contributed by atoms with E-state index in [0.29, 0.717) is 0 Å². The summed E-state index contributed by atoms with van der Waals surface area (Å²) in [5.74, 6) is -3.68. The van der Waals surface area contributed by atoms with Crippen LogP contribution in [0.1, 0.15) is 12.8 Å². The maximum Gasteiger partial charge on any atom is 0.190 e. The highest BCUT2D eigenvalue weighted by Crippen LogP contribution is 2.24. The lowest BCUT2D eigenvalue weighted by molar-refractivity contribution is -0.299. The van der Waals surface area contributed by atoms with Crippen molar-refractivity contribution in [3.63, 3.8) is 0 Å². The van der Waals surface area contributed by atoms with Gasteiger partial charge < -0.3 is 25.2 Å². The predicted octanol–water partition coefficient (Wildman–Crippen LogP) is -0.483. The first-order chi connectivity index (χ1) is 6.95. The van der Waals surface area contributed by atoms with Crippen molar-refractivity contribution in [3.05, 3.63) is 25.3 Å². The van der Waals surface area contributed by atoms with Crippen LogP contribution in [0.3, 0.4) is 0 Å². The fraction of sp³-hybridized carbons (Fsp3) is 0.600. The molecular weight excluding hydrogens is 200 g/mol. The standard InChI is InChI=1S/C10H18O5/c1-3-9(13,5-7-11)15-10(14,4-2)6-8-12/h3-4,11-14H,1-2,5-8H2. The van der Waals surface area contributed by atoms with Crippen LogP contribution in [0.2, 0.25) is 0 Å². The summed E-state index contributed by atoms with van der Waals surface area (Å²) in [6, 6.07) is 0.